The van der Waals surface area contributed by atoms with Crippen molar-refractivity contribution in [2.24, 2.45) is 5.92 Å². The highest BCUT2D eigenvalue weighted by Crippen LogP contribution is 2.33. The van der Waals surface area contributed by atoms with Gasteiger partial charge < -0.3 is 15.0 Å². The van der Waals surface area contributed by atoms with Crippen LogP contribution in [0.1, 0.15) is 32.1 Å². The molecule has 1 unspecified atom stereocenters. The molecule has 0 radical (unpaired) electrons. The summed E-state index contributed by atoms with van der Waals surface area (Å²) >= 11 is 0. The zero-order valence-electron chi connectivity index (χ0n) is 12.7. The summed E-state index contributed by atoms with van der Waals surface area (Å²) in [5, 5.41) is 3.54. The van der Waals surface area contributed by atoms with Crippen LogP contribution < -0.4 is 10.1 Å². The van der Waals surface area contributed by atoms with Crippen LogP contribution in [0.25, 0.3) is 0 Å². The van der Waals surface area contributed by atoms with Gasteiger partial charge in [0.05, 0.1) is 7.11 Å². The molecule has 1 aliphatic carbocycles. The van der Waals surface area contributed by atoms with Crippen LogP contribution in [-0.2, 0) is 4.79 Å². The van der Waals surface area contributed by atoms with Crippen LogP contribution in [0.3, 0.4) is 0 Å². The summed E-state index contributed by atoms with van der Waals surface area (Å²) in [6, 6.07) is 8.34. The van der Waals surface area contributed by atoms with Crippen molar-refractivity contribution in [1.82, 2.24) is 4.90 Å². The molecule has 0 spiro atoms. The second-order valence-corrected chi connectivity index (χ2v) is 6.20. The standard InChI is InChI=1S/C17H24N2O2/c1-21-16-8-6-14(7-9-16)18-15-3-2-10-19(12-15)17(20)11-13-4-5-13/h6-9,13,15,18H,2-5,10-12H2,1H3. The van der Waals surface area contributed by atoms with Gasteiger partial charge in [0, 0.05) is 31.2 Å². The minimum absolute atomic E-state index is 0.346. The lowest BCUT2D eigenvalue weighted by Gasteiger charge is -2.34. The summed E-state index contributed by atoms with van der Waals surface area (Å²) in [5.41, 5.74) is 1.09. The average Bonchev–Trinajstić information content (AvgIpc) is 3.32. The maximum absolute atomic E-state index is 12.2. The SMILES string of the molecule is COc1ccc(NC2CCCN(C(=O)CC3CC3)C2)cc1. The zero-order valence-corrected chi connectivity index (χ0v) is 12.7. The van der Waals surface area contributed by atoms with Gasteiger partial charge in [-0.15, -0.1) is 0 Å². The lowest BCUT2D eigenvalue weighted by Crippen LogP contribution is -2.45. The monoisotopic (exact) mass is 288 g/mol. The Bertz CT molecular complexity index is 482. The molecule has 2 fully saturated rings. The lowest BCUT2D eigenvalue weighted by molar-refractivity contribution is -0.132. The Morgan fingerprint density at radius 1 is 1.29 bits per heavy atom. The maximum Gasteiger partial charge on any atom is 0.222 e. The largest absolute Gasteiger partial charge is 0.497 e. The highest BCUT2D eigenvalue weighted by molar-refractivity contribution is 5.77. The predicted molar refractivity (Wildman–Crippen MR) is 83.6 cm³/mol. The molecule has 1 saturated heterocycles. The molecule has 0 aromatic heterocycles. The molecule has 1 aromatic carbocycles. The summed E-state index contributed by atoms with van der Waals surface area (Å²) in [5.74, 6) is 1.89. The zero-order chi connectivity index (χ0) is 14.7. The van der Waals surface area contributed by atoms with Gasteiger partial charge in [0.2, 0.25) is 5.91 Å². The van der Waals surface area contributed by atoms with E-state index in [0.717, 1.165) is 43.8 Å². The third-order valence-electron chi connectivity index (χ3n) is 4.40. The van der Waals surface area contributed by atoms with E-state index in [9.17, 15) is 4.79 Å². The number of benzene rings is 1. The lowest BCUT2D eigenvalue weighted by atomic mass is 10.0. The summed E-state index contributed by atoms with van der Waals surface area (Å²) in [4.78, 5) is 14.3. The number of piperidine rings is 1. The molecule has 3 rings (SSSR count). The summed E-state index contributed by atoms with van der Waals surface area (Å²) in [6.07, 6.45) is 5.46. The second kappa shape index (κ2) is 6.37. The van der Waals surface area contributed by atoms with Gasteiger partial charge in [-0.3, -0.25) is 4.79 Å². The van der Waals surface area contributed by atoms with Gasteiger partial charge in [0.25, 0.3) is 0 Å². The number of methoxy groups -OCH3 is 1. The molecular weight excluding hydrogens is 264 g/mol. The number of ether oxygens (including phenoxy) is 1. The van der Waals surface area contributed by atoms with Crippen molar-refractivity contribution in [3.05, 3.63) is 24.3 Å². The molecule has 1 N–H and O–H groups in total. The third-order valence-corrected chi connectivity index (χ3v) is 4.40. The molecule has 1 saturated carbocycles. The van der Waals surface area contributed by atoms with E-state index in [0.29, 0.717) is 17.9 Å². The molecule has 1 aliphatic heterocycles. The molecule has 0 bridgehead atoms. The highest BCUT2D eigenvalue weighted by atomic mass is 16.5. The number of rotatable bonds is 5. The van der Waals surface area contributed by atoms with Crippen LogP contribution in [0.2, 0.25) is 0 Å². The smallest absolute Gasteiger partial charge is 0.222 e. The molecule has 114 valence electrons. The first-order valence-electron chi connectivity index (χ1n) is 7.93. The van der Waals surface area contributed by atoms with Crippen molar-refractivity contribution in [2.75, 3.05) is 25.5 Å². The molecule has 4 nitrogen and oxygen atoms in total. The van der Waals surface area contributed by atoms with E-state index < -0.39 is 0 Å². The number of nitrogens with zero attached hydrogens (tertiary/aromatic N) is 1. The van der Waals surface area contributed by atoms with E-state index in [-0.39, 0.29) is 0 Å². The number of carbonyl (C=O) groups excluding carboxylic acids is 1. The van der Waals surface area contributed by atoms with E-state index in [1.807, 2.05) is 29.2 Å². The van der Waals surface area contributed by atoms with Crippen molar-refractivity contribution in [3.63, 3.8) is 0 Å². The van der Waals surface area contributed by atoms with Gasteiger partial charge in [0.15, 0.2) is 0 Å². The summed E-state index contributed by atoms with van der Waals surface area (Å²) in [7, 11) is 1.67. The first-order chi connectivity index (χ1) is 10.2. The quantitative estimate of drug-likeness (QED) is 0.906. The molecule has 2 aliphatic rings. The Balaban J connectivity index is 1.53. The Morgan fingerprint density at radius 2 is 2.05 bits per heavy atom. The molecular formula is C17H24N2O2. The first kappa shape index (κ1) is 14.2. The molecule has 4 heteroatoms. The van der Waals surface area contributed by atoms with E-state index in [4.69, 9.17) is 4.74 Å². The number of carbonyl (C=O) groups is 1. The van der Waals surface area contributed by atoms with Gasteiger partial charge in [0.1, 0.15) is 5.75 Å². The number of likely N-dealkylation sites (tertiary alicyclic amines) is 1. The first-order valence-corrected chi connectivity index (χ1v) is 7.93. The number of hydrogen-bond donors (Lipinski definition) is 1. The minimum atomic E-state index is 0.346. The van der Waals surface area contributed by atoms with Crippen LogP contribution in [-0.4, -0.2) is 37.0 Å². The Kier molecular flexibility index (Phi) is 4.32. The molecule has 1 heterocycles. The summed E-state index contributed by atoms with van der Waals surface area (Å²) in [6.45, 7) is 1.75. The van der Waals surface area contributed by atoms with E-state index in [2.05, 4.69) is 5.32 Å². The fraction of sp³-hybridized carbons (Fsp3) is 0.588. The topological polar surface area (TPSA) is 41.6 Å². The van der Waals surface area contributed by atoms with Crippen LogP contribution in [0.15, 0.2) is 24.3 Å². The molecule has 21 heavy (non-hydrogen) atoms. The van der Waals surface area contributed by atoms with Crippen LogP contribution in [0, 0.1) is 5.92 Å². The molecule has 1 aromatic rings. The highest BCUT2D eigenvalue weighted by Gasteiger charge is 2.29. The van der Waals surface area contributed by atoms with Crippen molar-refractivity contribution < 1.29 is 9.53 Å². The van der Waals surface area contributed by atoms with Crippen molar-refractivity contribution >= 4 is 11.6 Å². The van der Waals surface area contributed by atoms with E-state index >= 15 is 0 Å². The normalized spacial score (nSPS) is 22.0. The number of hydrogen-bond acceptors (Lipinski definition) is 3. The fourth-order valence-electron chi connectivity index (χ4n) is 2.94. The predicted octanol–water partition coefficient (Wildman–Crippen LogP) is 2.90. The van der Waals surface area contributed by atoms with Crippen LogP contribution >= 0.6 is 0 Å². The van der Waals surface area contributed by atoms with Gasteiger partial charge in [-0.1, -0.05) is 0 Å². The second-order valence-electron chi connectivity index (χ2n) is 6.20. The number of amides is 1. The average molecular weight is 288 g/mol. The van der Waals surface area contributed by atoms with Crippen LogP contribution in [0.4, 0.5) is 5.69 Å². The van der Waals surface area contributed by atoms with Crippen molar-refractivity contribution in [1.29, 1.82) is 0 Å². The fourth-order valence-corrected chi connectivity index (χ4v) is 2.94. The van der Waals surface area contributed by atoms with Gasteiger partial charge >= 0.3 is 0 Å². The molecule has 1 amide bonds. The number of anilines is 1. The Labute approximate surface area is 126 Å². The van der Waals surface area contributed by atoms with Crippen LogP contribution in [0.5, 0.6) is 5.75 Å². The van der Waals surface area contributed by atoms with E-state index in [1.54, 1.807) is 7.11 Å². The number of nitrogens with one attached hydrogen (secondary N) is 1. The summed E-state index contributed by atoms with van der Waals surface area (Å²) < 4.78 is 5.17. The molecule has 1 atom stereocenters. The Morgan fingerprint density at radius 3 is 2.71 bits per heavy atom. The van der Waals surface area contributed by atoms with Crippen molar-refractivity contribution in [2.45, 2.75) is 38.1 Å². The third kappa shape index (κ3) is 3.90. The Hall–Kier alpha value is -1.71. The van der Waals surface area contributed by atoms with Crippen molar-refractivity contribution in [3.8, 4) is 5.75 Å². The van der Waals surface area contributed by atoms with Gasteiger partial charge in [-0.05, 0) is 55.9 Å². The van der Waals surface area contributed by atoms with Gasteiger partial charge in [-0.2, -0.15) is 0 Å². The van der Waals surface area contributed by atoms with Gasteiger partial charge in [-0.25, -0.2) is 0 Å². The minimum Gasteiger partial charge on any atom is -0.497 e. The maximum atomic E-state index is 12.2. The van der Waals surface area contributed by atoms with E-state index in [1.165, 1.54) is 12.8 Å².